The van der Waals surface area contributed by atoms with Crippen LogP contribution in [-0.2, 0) is 13.2 Å². The second-order valence-electron chi connectivity index (χ2n) is 4.07. The molecule has 2 aromatic carbocycles. The van der Waals surface area contributed by atoms with E-state index >= 15 is 0 Å². The van der Waals surface area contributed by atoms with Gasteiger partial charge in [0.25, 0.3) is 0 Å². The summed E-state index contributed by atoms with van der Waals surface area (Å²) >= 11 is 6.18. The quantitative estimate of drug-likeness (QED) is 0.911. The van der Waals surface area contributed by atoms with Crippen molar-refractivity contribution in [3.8, 4) is 11.5 Å². The van der Waals surface area contributed by atoms with Crippen molar-refractivity contribution in [3.05, 3.63) is 58.6 Å². The topological polar surface area (TPSA) is 44.5 Å². The molecule has 2 rings (SSSR count). The number of halogens is 1. The molecule has 0 aliphatic carbocycles. The van der Waals surface area contributed by atoms with Gasteiger partial charge in [0.2, 0.25) is 0 Å². The molecular weight excluding hydrogens is 262 g/mol. The first-order valence-electron chi connectivity index (χ1n) is 5.97. The molecular formula is C15H16ClNO2. The standard InChI is InChI=1S/C15H16ClNO2/c1-18-14-4-2-3-5-15(14)19-10-12-7-6-11(9-17)8-13(12)16/h2-8H,9-10,17H2,1H3. The van der Waals surface area contributed by atoms with Crippen molar-refractivity contribution in [2.45, 2.75) is 13.2 Å². The monoisotopic (exact) mass is 277 g/mol. The number of rotatable bonds is 5. The van der Waals surface area contributed by atoms with E-state index < -0.39 is 0 Å². The Morgan fingerprint density at radius 3 is 2.47 bits per heavy atom. The predicted molar refractivity (Wildman–Crippen MR) is 76.7 cm³/mol. The maximum atomic E-state index is 6.18. The molecule has 100 valence electrons. The van der Waals surface area contributed by atoms with Crippen LogP contribution >= 0.6 is 11.6 Å². The summed E-state index contributed by atoms with van der Waals surface area (Å²) in [6.45, 7) is 0.872. The molecule has 0 bridgehead atoms. The smallest absolute Gasteiger partial charge is 0.161 e. The van der Waals surface area contributed by atoms with Gasteiger partial charge in [-0.3, -0.25) is 0 Å². The van der Waals surface area contributed by atoms with Gasteiger partial charge in [0.15, 0.2) is 11.5 Å². The number of methoxy groups -OCH3 is 1. The van der Waals surface area contributed by atoms with Crippen LogP contribution in [0.15, 0.2) is 42.5 Å². The molecule has 0 fully saturated rings. The molecule has 19 heavy (non-hydrogen) atoms. The van der Waals surface area contributed by atoms with Crippen molar-refractivity contribution in [2.75, 3.05) is 7.11 Å². The van der Waals surface area contributed by atoms with Crippen LogP contribution < -0.4 is 15.2 Å². The Morgan fingerprint density at radius 2 is 1.84 bits per heavy atom. The van der Waals surface area contributed by atoms with Gasteiger partial charge in [-0.15, -0.1) is 0 Å². The van der Waals surface area contributed by atoms with Crippen molar-refractivity contribution < 1.29 is 9.47 Å². The maximum absolute atomic E-state index is 6.18. The molecule has 0 aromatic heterocycles. The van der Waals surface area contributed by atoms with Crippen LogP contribution in [0.25, 0.3) is 0 Å². The summed E-state index contributed by atoms with van der Waals surface area (Å²) in [6.07, 6.45) is 0. The van der Waals surface area contributed by atoms with Crippen LogP contribution in [0.5, 0.6) is 11.5 Å². The molecule has 0 saturated carbocycles. The van der Waals surface area contributed by atoms with E-state index in [0.29, 0.717) is 29.7 Å². The van der Waals surface area contributed by atoms with Crippen LogP contribution in [0.1, 0.15) is 11.1 Å². The Bertz CT molecular complexity index is 558. The van der Waals surface area contributed by atoms with Gasteiger partial charge in [0, 0.05) is 17.1 Å². The van der Waals surface area contributed by atoms with Crippen molar-refractivity contribution in [2.24, 2.45) is 5.73 Å². The number of para-hydroxylation sites is 2. The van der Waals surface area contributed by atoms with Crippen LogP contribution in [0.4, 0.5) is 0 Å². The molecule has 0 saturated heterocycles. The zero-order valence-electron chi connectivity index (χ0n) is 10.7. The molecule has 0 radical (unpaired) electrons. The fourth-order valence-electron chi connectivity index (χ4n) is 1.73. The van der Waals surface area contributed by atoms with E-state index in [-0.39, 0.29) is 0 Å². The van der Waals surface area contributed by atoms with E-state index in [9.17, 15) is 0 Å². The van der Waals surface area contributed by atoms with Crippen molar-refractivity contribution >= 4 is 11.6 Å². The van der Waals surface area contributed by atoms with Crippen LogP contribution in [-0.4, -0.2) is 7.11 Å². The Labute approximate surface area is 117 Å². The highest BCUT2D eigenvalue weighted by molar-refractivity contribution is 6.31. The van der Waals surface area contributed by atoms with Gasteiger partial charge in [-0.2, -0.15) is 0 Å². The van der Waals surface area contributed by atoms with Crippen molar-refractivity contribution in [3.63, 3.8) is 0 Å². The minimum atomic E-state index is 0.393. The summed E-state index contributed by atoms with van der Waals surface area (Å²) in [5.41, 5.74) is 7.49. The zero-order chi connectivity index (χ0) is 13.7. The number of ether oxygens (including phenoxy) is 2. The van der Waals surface area contributed by atoms with Gasteiger partial charge in [-0.1, -0.05) is 35.9 Å². The Morgan fingerprint density at radius 1 is 1.11 bits per heavy atom. The largest absolute Gasteiger partial charge is 0.493 e. The summed E-state index contributed by atoms with van der Waals surface area (Å²) in [5.74, 6) is 1.40. The van der Waals surface area contributed by atoms with E-state index in [1.807, 2.05) is 42.5 Å². The molecule has 0 atom stereocenters. The average molecular weight is 278 g/mol. The van der Waals surface area contributed by atoms with E-state index in [2.05, 4.69) is 0 Å². The lowest BCUT2D eigenvalue weighted by atomic mass is 10.1. The van der Waals surface area contributed by atoms with Crippen molar-refractivity contribution in [1.82, 2.24) is 0 Å². The van der Waals surface area contributed by atoms with E-state index in [4.69, 9.17) is 26.8 Å². The van der Waals surface area contributed by atoms with Gasteiger partial charge in [-0.05, 0) is 23.8 Å². The van der Waals surface area contributed by atoms with E-state index in [1.165, 1.54) is 0 Å². The molecule has 2 aromatic rings. The molecule has 0 aliphatic rings. The molecule has 0 aliphatic heterocycles. The third-order valence-electron chi connectivity index (χ3n) is 2.81. The normalized spacial score (nSPS) is 10.3. The molecule has 3 nitrogen and oxygen atoms in total. The minimum absolute atomic E-state index is 0.393. The number of benzene rings is 2. The number of hydrogen-bond acceptors (Lipinski definition) is 3. The number of nitrogens with two attached hydrogens (primary N) is 1. The highest BCUT2D eigenvalue weighted by Gasteiger charge is 2.06. The minimum Gasteiger partial charge on any atom is -0.493 e. The van der Waals surface area contributed by atoms with E-state index in [0.717, 1.165) is 11.1 Å². The van der Waals surface area contributed by atoms with Crippen molar-refractivity contribution in [1.29, 1.82) is 0 Å². The Kier molecular flexibility index (Phi) is 4.66. The average Bonchev–Trinajstić information content (AvgIpc) is 2.46. The fraction of sp³-hybridized carbons (Fsp3) is 0.200. The zero-order valence-corrected chi connectivity index (χ0v) is 11.5. The molecule has 0 spiro atoms. The van der Waals surface area contributed by atoms with Gasteiger partial charge in [-0.25, -0.2) is 0 Å². The molecule has 0 amide bonds. The lowest BCUT2D eigenvalue weighted by Crippen LogP contribution is -2.00. The summed E-state index contributed by atoms with van der Waals surface area (Å²) in [7, 11) is 1.62. The second kappa shape index (κ2) is 6.45. The third kappa shape index (κ3) is 3.40. The van der Waals surface area contributed by atoms with Crippen LogP contribution in [0.3, 0.4) is 0 Å². The lowest BCUT2D eigenvalue weighted by Gasteiger charge is -2.11. The molecule has 0 heterocycles. The predicted octanol–water partition coefficient (Wildman–Crippen LogP) is 3.39. The SMILES string of the molecule is COc1ccccc1OCc1ccc(CN)cc1Cl. The fourth-order valence-corrected chi connectivity index (χ4v) is 1.99. The summed E-state index contributed by atoms with van der Waals surface area (Å²) < 4.78 is 11.0. The molecule has 4 heteroatoms. The lowest BCUT2D eigenvalue weighted by molar-refractivity contribution is 0.284. The Hall–Kier alpha value is -1.71. The first kappa shape index (κ1) is 13.7. The van der Waals surface area contributed by atoms with Gasteiger partial charge >= 0.3 is 0 Å². The first-order valence-corrected chi connectivity index (χ1v) is 6.35. The molecule has 0 unspecified atom stereocenters. The second-order valence-corrected chi connectivity index (χ2v) is 4.48. The van der Waals surface area contributed by atoms with Crippen LogP contribution in [0, 0.1) is 0 Å². The highest BCUT2D eigenvalue weighted by atomic mass is 35.5. The van der Waals surface area contributed by atoms with E-state index in [1.54, 1.807) is 7.11 Å². The van der Waals surface area contributed by atoms with Gasteiger partial charge in [0.1, 0.15) is 6.61 Å². The maximum Gasteiger partial charge on any atom is 0.161 e. The first-order chi connectivity index (χ1) is 9.24. The summed E-state index contributed by atoms with van der Waals surface area (Å²) in [6, 6.07) is 13.3. The van der Waals surface area contributed by atoms with Gasteiger partial charge < -0.3 is 15.2 Å². The van der Waals surface area contributed by atoms with Crippen LogP contribution in [0.2, 0.25) is 5.02 Å². The summed E-state index contributed by atoms with van der Waals surface area (Å²) in [5, 5.41) is 0.665. The third-order valence-corrected chi connectivity index (χ3v) is 3.16. The molecule has 2 N–H and O–H groups in total. The Balaban J connectivity index is 2.10. The summed E-state index contributed by atoms with van der Waals surface area (Å²) in [4.78, 5) is 0. The number of hydrogen-bond donors (Lipinski definition) is 1. The van der Waals surface area contributed by atoms with Gasteiger partial charge in [0.05, 0.1) is 7.11 Å². The highest BCUT2D eigenvalue weighted by Crippen LogP contribution is 2.27.